The van der Waals surface area contributed by atoms with E-state index in [0.717, 1.165) is 23.2 Å². The molecular weight excluding hydrogens is 434 g/mol. The minimum atomic E-state index is -3.38. The molecule has 7 heteroatoms. The van der Waals surface area contributed by atoms with Gasteiger partial charge in [0, 0.05) is 32.1 Å². The van der Waals surface area contributed by atoms with Crippen LogP contribution in [0.15, 0.2) is 48.5 Å². The summed E-state index contributed by atoms with van der Waals surface area (Å²) in [5.41, 5.74) is 4.22. The zero-order valence-electron chi connectivity index (χ0n) is 19.5. The summed E-state index contributed by atoms with van der Waals surface area (Å²) in [6, 6.07) is 16.0. The summed E-state index contributed by atoms with van der Waals surface area (Å²) in [5.74, 6) is -0.0943. The monoisotopic (exact) mass is 469 g/mol. The third-order valence-electron chi connectivity index (χ3n) is 6.88. The van der Waals surface area contributed by atoms with Crippen LogP contribution in [0.5, 0.6) is 0 Å². The molecular formula is C26H35N3O3S. The number of carbonyl (C=O) groups excluding carboxylic acids is 1. The Labute approximate surface area is 198 Å². The number of aryl methyl sites for hydroxylation is 1. The molecule has 2 aromatic carbocycles. The molecule has 2 fully saturated rings. The number of hydrogen-bond acceptors (Lipinski definition) is 4. The Bertz CT molecular complexity index is 1060. The predicted molar refractivity (Wildman–Crippen MR) is 131 cm³/mol. The standard InChI is InChI=1S/C26H35N3O3S/c1-21-7-2-3-10-25(21)20-33(31,32)29-15-11-24(12-16-29)26(30)27-18-22-8-6-9-23(17-22)19-28-13-4-5-14-28/h2-3,6-10,17,24H,4-5,11-16,18-20H2,1H3,(H,27,30). The number of likely N-dealkylation sites (tertiary alicyclic amines) is 1. The molecule has 0 unspecified atom stereocenters. The molecule has 2 saturated heterocycles. The molecule has 2 heterocycles. The van der Waals surface area contributed by atoms with E-state index < -0.39 is 10.0 Å². The molecule has 0 radical (unpaired) electrons. The van der Waals surface area contributed by atoms with Crippen LogP contribution in [0.25, 0.3) is 0 Å². The van der Waals surface area contributed by atoms with Gasteiger partial charge in [-0.15, -0.1) is 0 Å². The van der Waals surface area contributed by atoms with Gasteiger partial charge in [-0.1, -0.05) is 48.5 Å². The van der Waals surface area contributed by atoms with Gasteiger partial charge >= 0.3 is 0 Å². The molecule has 0 saturated carbocycles. The van der Waals surface area contributed by atoms with Gasteiger partial charge in [0.1, 0.15) is 0 Å². The maximum atomic E-state index is 12.9. The fourth-order valence-corrected chi connectivity index (χ4v) is 6.49. The van der Waals surface area contributed by atoms with E-state index in [9.17, 15) is 13.2 Å². The number of piperidine rings is 1. The van der Waals surface area contributed by atoms with Crippen LogP contribution in [0.2, 0.25) is 0 Å². The average molecular weight is 470 g/mol. The van der Waals surface area contributed by atoms with Crippen molar-refractivity contribution in [2.75, 3.05) is 26.2 Å². The molecule has 0 atom stereocenters. The van der Waals surface area contributed by atoms with Crippen molar-refractivity contribution >= 4 is 15.9 Å². The van der Waals surface area contributed by atoms with Crippen LogP contribution in [0.4, 0.5) is 0 Å². The van der Waals surface area contributed by atoms with E-state index in [1.165, 1.54) is 31.5 Å². The SMILES string of the molecule is Cc1ccccc1CS(=O)(=O)N1CCC(C(=O)NCc2cccc(CN3CCCC3)c2)CC1. The lowest BCUT2D eigenvalue weighted by Crippen LogP contribution is -2.43. The van der Waals surface area contributed by atoms with Crippen molar-refractivity contribution in [2.45, 2.75) is 51.4 Å². The Balaban J connectivity index is 1.25. The van der Waals surface area contributed by atoms with Gasteiger partial charge in [0.2, 0.25) is 15.9 Å². The van der Waals surface area contributed by atoms with E-state index in [1.807, 2.05) is 31.2 Å². The van der Waals surface area contributed by atoms with Crippen molar-refractivity contribution < 1.29 is 13.2 Å². The number of sulfonamides is 1. The van der Waals surface area contributed by atoms with Crippen LogP contribution in [-0.4, -0.2) is 49.7 Å². The second-order valence-electron chi connectivity index (χ2n) is 9.38. The Morgan fingerprint density at radius 1 is 0.970 bits per heavy atom. The van der Waals surface area contributed by atoms with Crippen LogP contribution in [0.3, 0.4) is 0 Å². The van der Waals surface area contributed by atoms with E-state index in [1.54, 1.807) is 4.31 Å². The second kappa shape index (κ2) is 10.8. The van der Waals surface area contributed by atoms with Crippen molar-refractivity contribution in [3.63, 3.8) is 0 Å². The molecule has 0 bridgehead atoms. The summed E-state index contributed by atoms with van der Waals surface area (Å²) in [6.45, 7) is 6.55. The van der Waals surface area contributed by atoms with Crippen LogP contribution >= 0.6 is 0 Å². The molecule has 1 amide bonds. The molecule has 0 spiro atoms. The Kier molecular flexibility index (Phi) is 7.83. The minimum Gasteiger partial charge on any atom is -0.352 e. The van der Waals surface area contributed by atoms with Gasteiger partial charge in [0.25, 0.3) is 0 Å². The van der Waals surface area contributed by atoms with E-state index >= 15 is 0 Å². The Hall–Kier alpha value is -2.22. The van der Waals surface area contributed by atoms with Crippen molar-refractivity contribution in [1.29, 1.82) is 0 Å². The molecule has 6 nitrogen and oxygen atoms in total. The minimum absolute atomic E-state index is 0.0182. The highest BCUT2D eigenvalue weighted by Gasteiger charge is 2.31. The van der Waals surface area contributed by atoms with Crippen LogP contribution < -0.4 is 5.32 Å². The molecule has 1 N–H and O–H groups in total. The maximum absolute atomic E-state index is 12.9. The van der Waals surface area contributed by atoms with E-state index in [4.69, 9.17) is 0 Å². The van der Waals surface area contributed by atoms with Gasteiger partial charge in [-0.2, -0.15) is 0 Å². The van der Waals surface area contributed by atoms with Gasteiger partial charge in [-0.3, -0.25) is 9.69 Å². The molecule has 0 aliphatic carbocycles. The van der Waals surface area contributed by atoms with E-state index in [-0.39, 0.29) is 17.6 Å². The fraction of sp³-hybridized carbons (Fsp3) is 0.500. The second-order valence-corrected chi connectivity index (χ2v) is 11.3. The predicted octanol–water partition coefficient (Wildman–Crippen LogP) is 3.45. The van der Waals surface area contributed by atoms with Gasteiger partial charge in [0.15, 0.2) is 0 Å². The third-order valence-corrected chi connectivity index (χ3v) is 8.71. The molecule has 178 valence electrons. The summed E-state index contributed by atoms with van der Waals surface area (Å²) >= 11 is 0. The summed E-state index contributed by atoms with van der Waals surface area (Å²) in [5, 5.41) is 3.07. The largest absolute Gasteiger partial charge is 0.352 e. The van der Waals surface area contributed by atoms with Crippen LogP contribution in [-0.2, 0) is 33.7 Å². The highest BCUT2D eigenvalue weighted by atomic mass is 32.2. The molecule has 2 aliphatic heterocycles. The topological polar surface area (TPSA) is 69.7 Å². The normalized spacial score (nSPS) is 18.5. The first-order chi connectivity index (χ1) is 15.9. The molecule has 0 aromatic heterocycles. The highest BCUT2D eigenvalue weighted by Crippen LogP contribution is 2.23. The zero-order chi connectivity index (χ0) is 23.3. The first-order valence-corrected chi connectivity index (χ1v) is 13.6. The number of carbonyl (C=O) groups is 1. The van der Waals surface area contributed by atoms with Gasteiger partial charge in [-0.25, -0.2) is 12.7 Å². The number of benzene rings is 2. The van der Waals surface area contributed by atoms with Crippen LogP contribution in [0, 0.1) is 12.8 Å². The number of hydrogen-bond donors (Lipinski definition) is 1. The lowest BCUT2D eigenvalue weighted by molar-refractivity contribution is -0.126. The molecule has 2 aliphatic rings. The summed E-state index contributed by atoms with van der Waals surface area (Å²) in [4.78, 5) is 15.2. The number of nitrogens with one attached hydrogen (secondary N) is 1. The smallest absolute Gasteiger partial charge is 0.223 e. The average Bonchev–Trinajstić information content (AvgIpc) is 3.32. The van der Waals surface area contributed by atoms with Crippen molar-refractivity contribution in [3.8, 4) is 0 Å². The number of amides is 1. The van der Waals surface area contributed by atoms with Gasteiger partial charge in [-0.05, 0) is 68.0 Å². The summed E-state index contributed by atoms with van der Waals surface area (Å²) < 4.78 is 27.3. The van der Waals surface area contributed by atoms with Crippen LogP contribution in [0.1, 0.15) is 47.9 Å². The summed E-state index contributed by atoms with van der Waals surface area (Å²) in [6.07, 6.45) is 3.69. The van der Waals surface area contributed by atoms with Gasteiger partial charge in [0.05, 0.1) is 5.75 Å². The van der Waals surface area contributed by atoms with Crippen molar-refractivity contribution in [3.05, 3.63) is 70.8 Å². The summed E-state index contributed by atoms with van der Waals surface area (Å²) in [7, 11) is -3.38. The van der Waals surface area contributed by atoms with E-state index in [0.29, 0.717) is 32.5 Å². The Morgan fingerprint density at radius 3 is 2.39 bits per heavy atom. The molecule has 2 aromatic rings. The lowest BCUT2D eigenvalue weighted by atomic mass is 9.97. The lowest BCUT2D eigenvalue weighted by Gasteiger charge is -2.30. The highest BCUT2D eigenvalue weighted by molar-refractivity contribution is 7.88. The maximum Gasteiger partial charge on any atom is 0.223 e. The third kappa shape index (κ3) is 6.43. The van der Waals surface area contributed by atoms with E-state index in [2.05, 4.69) is 34.5 Å². The zero-order valence-corrected chi connectivity index (χ0v) is 20.3. The first-order valence-electron chi connectivity index (χ1n) is 12.0. The van der Waals surface area contributed by atoms with Crippen molar-refractivity contribution in [1.82, 2.24) is 14.5 Å². The van der Waals surface area contributed by atoms with Crippen molar-refractivity contribution in [2.24, 2.45) is 5.92 Å². The molecule has 4 rings (SSSR count). The number of rotatable bonds is 8. The quantitative estimate of drug-likeness (QED) is 0.643. The molecule has 33 heavy (non-hydrogen) atoms. The fourth-order valence-electron chi connectivity index (χ4n) is 4.83. The Morgan fingerprint density at radius 2 is 1.67 bits per heavy atom. The van der Waals surface area contributed by atoms with Gasteiger partial charge < -0.3 is 5.32 Å². The number of nitrogens with zero attached hydrogens (tertiary/aromatic N) is 2. The first kappa shape index (κ1) is 23.9.